The maximum absolute atomic E-state index is 13.3. The van der Waals surface area contributed by atoms with E-state index in [9.17, 15) is 24.6 Å². The zero-order valence-corrected chi connectivity index (χ0v) is 21.5. The molecule has 0 spiro atoms. The summed E-state index contributed by atoms with van der Waals surface area (Å²) in [6.45, 7) is 7.24. The second-order valence-electron chi connectivity index (χ2n) is 9.90. The molecule has 2 rings (SSSR count). The van der Waals surface area contributed by atoms with E-state index in [1.807, 2.05) is 58.0 Å². The molecule has 3 unspecified atom stereocenters. The molecule has 2 aromatic carbocycles. The van der Waals surface area contributed by atoms with Gasteiger partial charge in [0, 0.05) is 12.8 Å². The molecule has 8 heteroatoms. The first-order valence-electron chi connectivity index (χ1n) is 12.4. The SMILES string of the molecule is CC(C)CC(=O)NC(Cc1ccc(O)cc1)C(=O)NC(C(=O)NC(CO)Cc1ccccc1)C(C)C. The number of phenols is 1. The fourth-order valence-corrected chi connectivity index (χ4v) is 3.84. The number of carbonyl (C=O) groups excluding carboxylic acids is 3. The molecule has 8 nitrogen and oxygen atoms in total. The van der Waals surface area contributed by atoms with Crippen LogP contribution in [0.4, 0.5) is 0 Å². The number of benzene rings is 2. The molecule has 3 atom stereocenters. The van der Waals surface area contributed by atoms with Crippen LogP contribution in [0.5, 0.6) is 5.75 Å². The van der Waals surface area contributed by atoms with Crippen molar-refractivity contribution in [3.05, 3.63) is 65.7 Å². The van der Waals surface area contributed by atoms with Gasteiger partial charge in [-0.05, 0) is 41.5 Å². The Bertz CT molecular complexity index is 976. The number of carbonyl (C=O) groups is 3. The van der Waals surface area contributed by atoms with Gasteiger partial charge in [-0.25, -0.2) is 0 Å². The highest BCUT2D eigenvalue weighted by molar-refractivity contribution is 5.92. The minimum absolute atomic E-state index is 0.106. The van der Waals surface area contributed by atoms with Crippen LogP contribution in [0.1, 0.15) is 45.2 Å². The molecule has 0 aromatic heterocycles. The largest absolute Gasteiger partial charge is 0.508 e. The topological polar surface area (TPSA) is 128 Å². The van der Waals surface area contributed by atoms with E-state index in [4.69, 9.17) is 0 Å². The van der Waals surface area contributed by atoms with Crippen molar-refractivity contribution in [2.24, 2.45) is 11.8 Å². The Labute approximate surface area is 213 Å². The van der Waals surface area contributed by atoms with E-state index in [1.54, 1.807) is 12.1 Å². The number of hydrogen-bond acceptors (Lipinski definition) is 5. The van der Waals surface area contributed by atoms with E-state index >= 15 is 0 Å². The first-order valence-corrected chi connectivity index (χ1v) is 12.4. The van der Waals surface area contributed by atoms with E-state index in [0.717, 1.165) is 11.1 Å². The van der Waals surface area contributed by atoms with E-state index in [0.29, 0.717) is 6.42 Å². The molecule has 0 heterocycles. The average Bonchev–Trinajstić information content (AvgIpc) is 2.82. The lowest BCUT2D eigenvalue weighted by Crippen LogP contribution is -2.57. The minimum atomic E-state index is -0.896. The maximum Gasteiger partial charge on any atom is 0.243 e. The number of rotatable bonds is 13. The quantitative estimate of drug-likeness (QED) is 0.290. The Balaban J connectivity index is 2.13. The van der Waals surface area contributed by atoms with Crippen molar-refractivity contribution in [3.63, 3.8) is 0 Å². The van der Waals surface area contributed by atoms with Crippen LogP contribution in [0.2, 0.25) is 0 Å². The number of nitrogens with one attached hydrogen (secondary N) is 3. The summed E-state index contributed by atoms with van der Waals surface area (Å²) >= 11 is 0. The lowest BCUT2D eigenvalue weighted by atomic mass is 9.99. The molecular weight excluding hydrogens is 458 g/mol. The van der Waals surface area contributed by atoms with Crippen LogP contribution in [-0.2, 0) is 27.2 Å². The monoisotopic (exact) mass is 497 g/mol. The van der Waals surface area contributed by atoms with Gasteiger partial charge in [-0.1, -0.05) is 70.2 Å². The Hall–Kier alpha value is -3.39. The standard InChI is InChI=1S/C28H39N3O5/c1-18(2)14-25(34)30-24(16-21-10-12-23(33)13-11-21)27(35)31-26(19(3)4)28(36)29-22(17-32)15-20-8-6-5-7-9-20/h5-13,18-19,22,24,26,32-33H,14-17H2,1-4H3,(H,29,36)(H,30,34)(H,31,35). The third kappa shape index (κ3) is 9.70. The van der Waals surface area contributed by atoms with Gasteiger partial charge in [0.15, 0.2) is 0 Å². The van der Waals surface area contributed by atoms with Gasteiger partial charge in [0.1, 0.15) is 17.8 Å². The Morgan fingerprint density at radius 3 is 1.94 bits per heavy atom. The van der Waals surface area contributed by atoms with Gasteiger partial charge < -0.3 is 26.2 Å². The molecule has 0 fully saturated rings. The molecule has 0 aliphatic rings. The van der Waals surface area contributed by atoms with Crippen LogP contribution >= 0.6 is 0 Å². The van der Waals surface area contributed by atoms with Gasteiger partial charge in [0.05, 0.1) is 12.6 Å². The normalized spacial score (nSPS) is 13.6. The van der Waals surface area contributed by atoms with Crippen molar-refractivity contribution in [1.82, 2.24) is 16.0 Å². The molecule has 5 N–H and O–H groups in total. The average molecular weight is 498 g/mol. The zero-order valence-electron chi connectivity index (χ0n) is 21.5. The fourth-order valence-electron chi connectivity index (χ4n) is 3.84. The van der Waals surface area contributed by atoms with Crippen molar-refractivity contribution < 1.29 is 24.6 Å². The van der Waals surface area contributed by atoms with Crippen LogP contribution < -0.4 is 16.0 Å². The third-order valence-electron chi connectivity index (χ3n) is 5.76. The number of aliphatic hydroxyl groups excluding tert-OH is 1. The first-order chi connectivity index (χ1) is 17.1. The number of phenolic OH excluding ortho intramolecular Hbond substituents is 1. The van der Waals surface area contributed by atoms with E-state index in [1.165, 1.54) is 12.1 Å². The molecule has 0 bridgehead atoms. The van der Waals surface area contributed by atoms with E-state index < -0.39 is 29.9 Å². The molecule has 0 saturated carbocycles. The second-order valence-corrected chi connectivity index (χ2v) is 9.90. The molecule has 0 aliphatic heterocycles. The predicted molar refractivity (Wildman–Crippen MR) is 139 cm³/mol. The lowest BCUT2D eigenvalue weighted by molar-refractivity contribution is -0.133. The Kier molecular flexibility index (Phi) is 11.4. The van der Waals surface area contributed by atoms with Gasteiger partial charge in [-0.2, -0.15) is 0 Å². The smallest absolute Gasteiger partial charge is 0.243 e. The van der Waals surface area contributed by atoms with Gasteiger partial charge in [-0.3, -0.25) is 14.4 Å². The first kappa shape index (κ1) is 28.8. The Morgan fingerprint density at radius 2 is 1.39 bits per heavy atom. The predicted octanol–water partition coefficient (Wildman–Crippen LogP) is 2.33. The van der Waals surface area contributed by atoms with Gasteiger partial charge in [0.2, 0.25) is 17.7 Å². The molecule has 3 amide bonds. The van der Waals surface area contributed by atoms with Crippen LogP contribution in [0.15, 0.2) is 54.6 Å². The summed E-state index contributed by atoms with van der Waals surface area (Å²) in [5.74, 6) is -1.13. The summed E-state index contributed by atoms with van der Waals surface area (Å²) in [5.41, 5.74) is 1.73. The van der Waals surface area contributed by atoms with Crippen LogP contribution in [-0.4, -0.2) is 52.7 Å². The summed E-state index contributed by atoms with van der Waals surface area (Å²) in [4.78, 5) is 38.9. The number of aliphatic hydroxyl groups is 1. The molecule has 0 aliphatic carbocycles. The highest BCUT2D eigenvalue weighted by Crippen LogP contribution is 2.13. The zero-order chi connectivity index (χ0) is 26.7. The molecule has 0 saturated heterocycles. The fraction of sp³-hybridized carbons (Fsp3) is 0.464. The van der Waals surface area contributed by atoms with Crippen LogP contribution in [0, 0.1) is 11.8 Å². The van der Waals surface area contributed by atoms with Crippen molar-refractivity contribution in [3.8, 4) is 5.75 Å². The maximum atomic E-state index is 13.3. The molecule has 0 radical (unpaired) electrons. The van der Waals surface area contributed by atoms with Crippen LogP contribution in [0.25, 0.3) is 0 Å². The minimum Gasteiger partial charge on any atom is -0.508 e. The second kappa shape index (κ2) is 14.2. The number of amides is 3. The summed E-state index contributed by atoms with van der Waals surface area (Å²) in [7, 11) is 0. The summed E-state index contributed by atoms with van der Waals surface area (Å²) < 4.78 is 0. The van der Waals surface area contributed by atoms with Crippen molar-refractivity contribution in [2.45, 2.75) is 65.1 Å². The summed E-state index contributed by atoms with van der Waals surface area (Å²) in [6, 6.07) is 13.7. The van der Waals surface area contributed by atoms with Gasteiger partial charge in [-0.15, -0.1) is 0 Å². The van der Waals surface area contributed by atoms with E-state index in [2.05, 4.69) is 16.0 Å². The van der Waals surface area contributed by atoms with Crippen molar-refractivity contribution in [2.75, 3.05) is 6.61 Å². The lowest BCUT2D eigenvalue weighted by Gasteiger charge is -2.27. The molecule has 36 heavy (non-hydrogen) atoms. The van der Waals surface area contributed by atoms with Crippen molar-refractivity contribution in [1.29, 1.82) is 0 Å². The highest BCUT2D eigenvalue weighted by Gasteiger charge is 2.30. The van der Waals surface area contributed by atoms with Crippen molar-refractivity contribution >= 4 is 17.7 Å². The summed E-state index contributed by atoms with van der Waals surface area (Å²) in [5, 5.41) is 27.8. The number of aromatic hydroxyl groups is 1. The Morgan fingerprint density at radius 1 is 0.778 bits per heavy atom. The molecular formula is C28H39N3O5. The molecule has 2 aromatic rings. The van der Waals surface area contributed by atoms with Crippen LogP contribution in [0.3, 0.4) is 0 Å². The summed E-state index contributed by atoms with van der Waals surface area (Å²) in [6.07, 6.45) is 0.928. The number of hydrogen-bond donors (Lipinski definition) is 5. The van der Waals surface area contributed by atoms with E-state index in [-0.39, 0.29) is 42.9 Å². The third-order valence-corrected chi connectivity index (χ3v) is 5.76. The van der Waals surface area contributed by atoms with Gasteiger partial charge in [0.25, 0.3) is 0 Å². The molecule has 196 valence electrons. The van der Waals surface area contributed by atoms with Gasteiger partial charge >= 0.3 is 0 Å². The highest BCUT2D eigenvalue weighted by atomic mass is 16.3.